The Balaban J connectivity index is 2.68. The van der Waals surface area contributed by atoms with Gasteiger partial charge >= 0.3 is 5.97 Å². The molecule has 1 aromatic rings. The lowest BCUT2D eigenvalue weighted by Gasteiger charge is -2.05. The van der Waals surface area contributed by atoms with Crippen molar-refractivity contribution in [3.63, 3.8) is 0 Å². The molecule has 15 heavy (non-hydrogen) atoms. The number of aromatic hydroxyl groups is 1. The Labute approximate surface area is 96.5 Å². The SMILES string of the molecule is C=C(C(=O)OCCBr)c1ccc(O)cc1. The first kappa shape index (κ1) is 11.8. The number of ether oxygens (including phenoxy) is 1. The molecule has 1 N–H and O–H groups in total. The summed E-state index contributed by atoms with van der Waals surface area (Å²) in [5.74, 6) is -0.291. The lowest BCUT2D eigenvalue weighted by Crippen LogP contribution is -2.07. The van der Waals surface area contributed by atoms with Crippen molar-refractivity contribution in [1.29, 1.82) is 0 Å². The van der Waals surface area contributed by atoms with Gasteiger partial charge in [0, 0.05) is 5.33 Å². The lowest BCUT2D eigenvalue weighted by molar-refractivity contribution is -0.135. The molecule has 0 aliphatic heterocycles. The van der Waals surface area contributed by atoms with Gasteiger partial charge in [0.15, 0.2) is 0 Å². The maximum atomic E-state index is 11.4. The zero-order valence-corrected chi connectivity index (χ0v) is 9.66. The van der Waals surface area contributed by atoms with Crippen molar-refractivity contribution in [3.05, 3.63) is 36.4 Å². The van der Waals surface area contributed by atoms with Crippen LogP contribution in [0.15, 0.2) is 30.8 Å². The molecular weight excluding hydrogens is 260 g/mol. The fourth-order valence-corrected chi connectivity index (χ4v) is 1.16. The van der Waals surface area contributed by atoms with Gasteiger partial charge in [-0.25, -0.2) is 4.79 Å². The fourth-order valence-electron chi connectivity index (χ4n) is 0.999. The number of carbonyl (C=O) groups is 1. The molecule has 0 amide bonds. The molecule has 1 rings (SSSR count). The van der Waals surface area contributed by atoms with E-state index in [9.17, 15) is 4.79 Å². The number of rotatable bonds is 4. The zero-order chi connectivity index (χ0) is 11.3. The van der Waals surface area contributed by atoms with E-state index in [1.165, 1.54) is 12.1 Å². The van der Waals surface area contributed by atoms with E-state index in [4.69, 9.17) is 9.84 Å². The molecular formula is C11H11BrO3. The Morgan fingerprint density at radius 2 is 2.00 bits per heavy atom. The number of benzene rings is 1. The quantitative estimate of drug-likeness (QED) is 0.519. The Morgan fingerprint density at radius 1 is 1.40 bits per heavy atom. The molecule has 3 nitrogen and oxygen atoms in total. The number of halogens is 1. The summed E-state index contributed by atoms with van der Waals surface area (Å²) in [6, 6.07) is 6.23. The van der Waals surface area contributed by atoms with E-state index in [1.54, 1.807) is 12.1 Å². The summed E-state index contributed by atoms with van der Waals surface area (Å²) in [6.07, 6.45) is 0. The minimum Gasteiger partial charge on any atom is -0.508 e. The molecule has 0 unspecified atom stereocenters. The van der Waals surface area contributed by atoms with Gasteiger partial charge in [-0.3, -0.25) is 0 Å². The number of alkyl halides is 1. The molecule has 0 aliphatic rings. The first-order valence-electron chi connectivity index (χ1n) is 4.36. The molecule has 0 fully saturated rings. The number of esters is 1. The van der Waals surface area contributed by atoms with Crippen LogP contribution in [0, 0.1) is 0 Å². The third-order valence-corrected chi connectivity index (χ3v) is 2.10. The van der Waals surface area contributed by atoms with E-state index in [1.807, 2.05) is 0 Å². The molecule has 0 aromatic heterocycles. The van der Waals surface area contributed by atoms with E-state index in [0.717, 1.165) is 0 Å². The van der Waals surface area contributed by atoms with Gasteiger partial charge in [0.1, 0.15) is 12.4 Å². The van der Waals surface area contributed by atoms with Gasteiger partial charge in [0.25, 0.3) is 0 Å². The molecule has 1 aromatic carbocycles. The van der Waals surface area contributed by atoms with Crippen LogP contribution in [-0.2, 0) is 9.53 Å². The molecule has 0 radical (unpaired) electrons. The van der Waals surface area contributed by atoms with Crippen molar-refractivity contribution in [1.82, 2.24) is 0 Å². The van der Waals surface area contributed by atoms with Gasteiger partial charge in [0.2, 0.25) is 0 Å². The Hall–Kier alpha value is -1.29. The summed E-state index contributed by atoms with van der Waals surface area (Å²) in [5, 5.41) is 9.67. The van der Waals surface area contributed by atoms with Gasteiger partial charge in [-0.15, -0.1) is 0 Å². The third kappa shape index (κ3) is 3.40. The maximum Gasteiger partial charge on any atom is 0.338 e. The monoisotopic (exact) mass is 270 g/mol. The van der Waals surface area contributed by atoms with Crippen LogP contribution in [0.3, 0.4) is 0 Å². The number of phenols is 1. The largest absolute Gasteiger partial charge is 0.508 e. The second-order valence-corrected chi connectivity index (χ2v) is 3.64. The third-order valence-electron chi connectivity index (χ3n) is 1.77. The Kier molecular flexibility index (Phi) is 4.37. The number of hydrogen-bond donors (Lipinski definition) is 1. The molecule has 4 heteroatoms. The van der Waals surface area contributed by atoms with E-state index in [0.29, 0.717) is 17.5 Å². The van der Waals surface area contributed by atoms with Gasteiger partial charge in [-0.1, -0.05) is 34.6 Å². The fraction of sp³-hybridized carbons (Fsp3) is 0.182. The molecule has 80 valence electrons. The van der Waals surface area contributed by atoms with Crippen molar-refractivity contribution in [3.8, 4) is 5.75 Å². The number of phenolic OH excluding ortho intramolecular Hbond substituents is 1. The summed E-state index contributed by atoms with van der Waals surface area (Å²) in [4.78, 5) is 11.4. The summed E-state index contributed by atoms with van der Waals surface area (Å²) in [7, 11) is 0. The Bertz CT molecular complexity index is 357. The first-order valence-corrected chi connectivity index (χ1v) is 5.48. The van der Waals surface area contributed by atoms with Crippen molar-refractivity contribution in [2.24, 2.45) is 0 Å². The van der Waals surface area contributed by atoms with Gasteiger partial charge in [-0.05, 0) is 17.7 Å². The normalized spacial score (nSPS) is 9.67. The highest BCUT2D eigenvalue weighted by Crippen LogP contribution is 2.17. The zero-order valence-electron chi connectivity index (χ0n) is 8.07. The van der Waals surface area contributed by atoms with Crippen LogP contribution in [0.1, 0.15) is 5.56 Å². The first-order chi connectivity index (χ1) is 7.15. The maximum absolute atomic E-state index is 11.4. The van der Waals surface area contributed by atoms with E-state index >= 15 is 0 Å². The predicted octanol–water partition coefficient (Wildman–Crippen LogP) is 2.34. The standard InChI is InChI=1S/C11H11BrO3/c1-8(11(14)15-7-6-12)9-2-4-10(13)5-3-9/h2-5,13H,1,6-7H2. The van der Waals surface area contributed by atoms with Crippen molar-refractivity contribution in [2.75, 3.05) is 11.9 Å². The number of hydrogen-bond acceptors (Lipinski definition) is 3. The molecule has 0 spiro atoms. The van der Waals surface area contributed by atoms with Crippen LogP contribution in [0.4, 0.5) is 0 Å². The summed E-state index contributed by atoms with van der Waals surface area (Å²) < 4.78 is 4.89. The highest BCUT2D eigenvalue weighted by Gasteiger charge is 2.10. The van der Waals surface area contributed by atoms with Crippen LogP contribution in [0.2, 0.25) is 0 Å². The van der Waals surface area contributed by atoms with Crippen molar-refractivity contribution in [2.45, 2.75) is 0 Å². The average Bonchev–Trinajstić information content (AvgIpc) is 2.26. The highest BCUT2D eigenvalue weighted by molar-refractivity contribution is 9.09. The molecule has 0 heterocycles. The van der Waals surface area contributed by atoms with Crippen molar-refractivity contribution < 1.29 is 14.6 Å². The summed E-state index contributed by atoms with van der Waals surface area (Å²) in [6.45, 7) is 3.95. The average molecular weight is 271 g/mol. The van der Waals surface area contributed by atoms with Crippen LogP contribution in [0.5, 0.6) is 5.75 Å². The summed E-state index contributed by atoms with van der Waals surface area (Å²) in [5.41, 5.74) is 0.934. The van der Waals surface area contributed by atoms with Gasteiger partial charge < -0.3 is 9.84 Å². The lowest BCUT2D eigenvalue weighted by atomic mass is 10.1. The summed E-state index contributed by atoms with van der Waals surface area (Å²) >= 11 is 3.15. The van der Waals surface area contributed by atoms with Crippen LogP contribution >= 0.6 is 15.9 Å². The minimum absolute atomic E-state index is 0.153. The molecule has 0 saturated heterocycles. The van der Waals surface area contributed by atoms with Gasteiger partial charge in [0.05, 0.1) is 5.57 Å². The molecule has 0 aliphatic carbocycles. The second-order valence-electron chi connectivity index (χ2n) is 2.85. The topological polar surface area (TPSA) is 46.5 Å². The molecule has 0 atom stereocenters. The second kappa shape index (κ2) is 5.56. The van der Waals surface area contributed by atoms with E-state index in [-0.39, 0.29) is 11.3 Å². The van der Waals surface area contributed by atoms with Crippen LogP contribution in [-0.4, -0.2) is 23.0 Å². The molecule has 0 saturated carbocycles. The van der Waals surface area contributed by atoms with E-state index in [2.05, 4.69) is 22.5 Å². The Morgan fingerprint density at radius 3 is 2.53 bits per heavy atom. The smallest absolute Gasteiger partial charge is 0.338 e. The van der Waals surface area contributed by atoms with Crippen LogP contribution in [0.25, 0.3) is 5.57 Å². The number of carbonyl (C=O) groups excluding carboxylic acids is 1. The predicted molar refractivity (Wildman–Crippen MR) is 61.9 cm³/mol. The highest BCUT2D eigenvalue weighted by atomic mass is 79.9. The van der Waals surface area contributed by atoms with E-state index < -0.39 is 5.97 Å². The van der Waals surface area contributed by atoms with Gasteiger partial charge in [-0.2, -0.15) is 0 Å². The van der Waals surface area contributed by atoms with Crippen molar-refractivity contribution >= 4 is 27.5 Å². The van der Waals surface area contributed by atoms with Crippen LogP contribution < -0.4 is 0 Å². The molecule has 0 bridgehead atoms. The minimum atomic E-state index is -0.444.